The topological polar surface area (TPSA) is 90.3 Å². The molecule has 2 aromatic carbocycles. The number of aliphatic hydroxyl groups is 2. The Morgan fingerprint density at radius 3 is 2.27 bits per heavy atom. The van der Waals surface area contributed by atoms with Crippen molar-refractivity contribution in [1.82, 2.24) is 0 Å². The smallest absolute Gasteiger partial charge is 0.0611 e. The number of nitrogens with two attached hydrogens (primary N) is 1. The second-order valence-corrected chi connectivity index (χ2v) is 7.17. The zero-order valence-electron chi connectivity index (χ0n) is 15.5. The summed E-state index contributed by atoms with van der Waals surface area (Å²) < 4.78 is 0. The van der Waals surface area contributed by atoms with Gasteiger partial charge in [-0.25, -0.2) is 0 Å². The molecule has 4 nitrogen and oxygen atoms in total. The summed E-state index contributed by atoms with van der Waals surface area (Å²) in [6.45, 7) is 2.10. The van der Waals surface area contributed by atoms with E-state index in [4.69, 9.17) is 16.2 Å². The zero-order valence-corrected chi connectivity index (χ0v) is 15.5. The highest BCUT2D eigenvalue weighted by Gasteiger charge is 2.35. The van der Waals surface area contributed by atoms with Crippen LogP contribution in [0, 0.1) is 5.41 Å². The highest BCUT2D eigenvalue weighted by molar-refractivity contribution is 5.96. The molecule has 0 amide bonds. The number of hydrogen-bond donors (Lipinski definition) is 4. The molecule has 2 aromatic rings. The number of rotatable bonds is 5. The van der Waals surface area contributed by atoms with Crippen LogP contribution in [0.25, 0.3) is 0 Å². The van der Waals surface area contributed by atoms with Crippen LogP contribution in [-0.4, -0.2) is 34.7 Å². The number of aliphatic hydroxyl groups excluding tert-OH is 2. The Bertz CT molecular complexity index is 685. The molecule has 0 bridgehead atoms. The van der Waals surface area contributed by atoms with E-state index in [9.17, 15) is 5.11 Å². The highest BCUT2D eigenvalue weighted by Crippen LogP contribution is 2.39. The van der Waals surface area contributed by atoms with Crippen LogP contribution in [0.5, 0.6) is 0 Å². The maximum absolute atomic E-state index is 9.25. The lowest BCUT2D eigenvalue weighted by molar-refractivity contribution is 0.198. The minimum absolute atomic E-state index is 0.0706. The molecule has 0 saturated heterocycles. The fourth-order valence-electron chi connectivity index (χ4n) is 3.36. The lowest BCUT2D eigenvalue weighted by Gasteiger charge is -2.20. The van der Waals surface area contributed by atoms with Crippen LogP contribution in [-0.2, 0) is 6.42 Å². The molecule has 5 N–H and O–H groups in total. The lowest BCUT2D eigenvalue weighted by atomic mass is 9.93. The SMILES string of the molecule is CC(=N)c1ccc(C2CCC(N)(CO)C2)cc1.OCCc1ccccc1. The fourth-order valence-corrected chi connectivity index (χ4v) is 3.36. The van der Waals surface area contributed by atoms with Gasteiger partial charge in [-0.3, -0.25) is 0 Å². The molecule has 1 aliphatic carbocycles. The van der Waals surface area contributed by atoms with E-state index < -0.39 is 0 Å². The Morgan fingerprint density at radius 1 is 1.12 bits per heavy atom. The van der Waals surface area contributed by atoms with Crippen LogP contribution in [0.3, 0.4) is 0 Å². The van der Waals surface area contributed by atoms with Gasteiger partial charge in [0.25, 0.3) is 0 Å². The summed E-state index contributed by atoms with van der Waals surface area (Å²) in [5.41, 5.74) is 9.72. The van der Waals surface area contributed by atoms with Gasteiger partial charge in [-0.2, -0.15) is 0 Å². The summed E-state index contributed by atoms with van der Waals surface area (Å²) in [7, 11) is 0. The predicted octanol–water partition coefficient (Wildman–Crippen LogP) is 3.25. The molecular weight excluding hydrogens is 324 g/mol. The molecule has 1 aliphatic rings. The van der Waals surface area contributed by atoms with Crippen molar-refractivity contribution in [2.24, 2.45) is 5.73 Å². The van der Waals surface area contributed by atoms with Gasteiger partial charge in [-0.15, -0.1) is 0 Å². The monoisotopic (exact) mass is 354 g/mol. The Labute approximate surface area is 156 Å². The van der Waals surface area contributed by atoms with Gasteiger partial charge in [0.15, 0.2) is 0 Å². The van der Waals surface area contributed by atoms with Crippen molar-refractivity contribution in [2.75, 3.05) is 13.2 Å². The van der Waals surface area contributed by atoms with Gasteiger partial charge in [-0.1, -0.05) is 54.6 Å². The Kier molecular flexibility index (Phi) is 7.51. The van der Waals surface area contributed by atoms with Gasteiger partial charge in [0.2, 0.25) is 0 Å². The van der Waals surface area contributed by atoms with Gasteiger partial charge in [-0.05, 0) is 55.2 Å². The summed E-state index contributed by atoms with van der Waals surface area (Å²) in [6.07, 6.45) is 3.55. The van der Waals surface area contributed by atoms with E-state index in [0.717, 1.165) is 31.2 Å². The highest BCUT2D eigenvalue weighted by atomic mass is 16.3. The first-order chi connectivity index (χ1) is 12.5. The van der Waals surface area contributed by atoms with E-state index in [1.54, 1.807) is 6.92 Å². The molecule has 140 valence electrons. The molecule has 26 heavy (non-hydrogen) atoms. The van der Waals surface area contributed by atoms with E-state index in [2.05, 4.69) is 12.1 Å². The van der Waals surface area contributed by atoms with Crippen LogP contribution >= 0.6 is 0 Å². The van der Waals surface area contributed by atoms with Gasteiger partial charge in [0, 0.05) is 17.9 Å². The minimum Gasteiger partial charge on any atom is -0.396 e. The largest absolute Gasteiger partial charge is 0.396 e. The molecule has 0 radical (unpaired) electrons. The first-order valence-corrected chi connectivity index (χ1v) is 9.17. The van der Waals surface area contributed by atoms with Crippen molar-refractivity contribution in [3.05, 3.63) is 71.3 Å². The van der Waals surface area contributed by atoms with Gasteiger partial charge in [0.1, 0.15) is 0 Å². The van der Waals surface area contributed by atoms with E-state index in [-0.39, 0.29) is 18.8 Å². The first-order valence-electron chi connectivity index (χ1n) is 9.17. The van der Waals surface area contributed by atoms with Crippen LogP contribution in [0.1, 0.15) is 48.8 Å². The standard InChI is InChI=1S/C14H20N2O.C8H10O/c1-10(15)11-2-4-12(5-3-11)13-6-7-14(16,8-13)9-17;9-7-6-8-4-2-1-3-5-8/h2-5,13,15,17H,6-9,16H2,1H3;1-5,9H,6-7H2. The number of hydrogen-bond acceptors (Lipinski definition) is 4. The number of benzene rings is 2. The van der Waals surface area contributed by atoms with E-state index in [1.165, 1.54) is 11.1 Å². The van der Waals surface area contributed by atoms with Crippen LogP contribution in [0.2, 0.25) is 0 Å². The fraction of sp³-hybridized carbons (Fsp3) is 0.409. The van der Waals surface area contributed by atoms with Crippen LogP contribution in [0.15, 0.2) is 54.6 Å². The molecular formula is C22H30N2O2. The average molecular weight is 354 g/mol. The second-order valence-electron chi connectivity index (χ2n) is 7.17. The van der Waals surface area contributed by atoms with Crippen molar-refractivity contribution in [3.8, 4) is 0 Å². The Balaban J connectivity index is 0.000000228. The maximum Gasteiger partial charge on any atom is 0.0611 e. The molecule has 1 fully saturated rings. The number of nitrogens with one attached hydrogen (secondary N) is 1. The zero-order chi connectivity index (χ0) is 19.0. The quantitative estimate of drug-likeness (QED) is 0.621. The molecule has 4 heteroatoms. The van der Waals surface area contributed by atoms with Crippen LogP contribution < -0.4 is 5.73 Å². The van der Waals surface area contributed by atoms with E-state index in [1.807, 2.05) is 42.5 Å². The molecule has 0 heterocycles. The van der Waals surface area contributed by atoms with Crippen molar-refractivity contribution >= 4 is 5.71 Å². The summed E-state index contributed by atoms with van der Waals surface area (Å²) in [5, 5.41) is 25.3. The van der Waals surface area contributed by atoms with Crippen molar-refractivity contribution in [3.63, 3.8) is 0 Å². The molecule has 1 saturated carbocycles. The summed E-state index contributed by atoms with van der Waals surface area (Å²) in [5.74, 6) is 0.451. The van der Waals surface area contributed by atoms with E-state index in [0.29, 0.717) is 11.6 Å². The molecule has 3 rings (SSSR count). The Hall–Kier alpha value is -2.01. The van der Waals surface area contributed by atoms with Crippen molar-refractivity contribution in [1.29, 1.82) is 5.41 Å². The second kappa shape index (κ2) is 9.62. The summed E-state index contributed by atoms with van der Waals surface area (Å²) >= 11 is 0. The third-order valence-electron chi connectivity index (χ3n) is 5.02. The van der Waals surface area contributed by atoms with Gasteiger partial charge < -0.3 is 21.4 Å². The molecule has 0 aliphatic heterocycles. The lowest BCUT2D eigenvalue weighted by Crippen LogP contribution is -2.40. The summed E-state index contributed by atoms with van der Waals surface area (Å²) in [4.78, 5) is 0. The molecule has 0 spiro atoms. The van der Waals surface area contributed by atoms with E-state index >= 15 is 0 Å². The van der Waals surface area contributed by atoms with Crippen molar-refractivity contribution < 1.29 is 10.2 Å². The first kappa shape index (κ1) is 20.3. The average Bonchev–Trinajstić information content (AvgIpc) is 3.06. The predicted molar refractivity (Wildman–Crippen MR) is 107 cm³/mol. The third-order valence-corrected chi connectivity index (χ3v) is 5.02. The van der Waals surface area contributed by atoms with Gasteiger partial charge in [0.05, 0.1) is 6.61 Å². The van der Waals surface area contributed by atoms with Crippen LogP contribution in [0.4, 0.5) is 0 Å². The molecule has 2 atom stereocenters. The normalized spacial score (nSPS) is 21.8. The molecule has 2 unspecified atom stereocenters. The van der Waals surface area contributed by atoms with Crippen molar-refractivity contribution in [2.45, 2.75) is 44.1 Å². The summed E-state index contributed by atoms with van der Waals surface area (Å²) in [6, 6.07) is 18.1. The Morgan fingerprint density at radius 2 is 1.77 bits per heavy atom. The molecule has 0 aromatic heterocycles. The van der Waals surface area contributed by atoms with Gasteiger partial charge >= 0.3 is 0 Å². The minimum atomic E-state index is -0.388. The third kappa shape index (κ3) is 5.77. The maximum atomic E-state index is 9.25.